The molecule has 0 radical (unpaired) electrons. The van der Waals surface area contributed by atoms with Crippen LogP contribution >= 0.6 is 15.6 Å². The van der Waals surface area contributed by atoms with E-state index < -0.39 is 97.5 Å². The number of phosphoric ester groups is 2. The highest BCUT2D eigenvalue weighted by molar-refractivity contribution is 7.47. The highest BCUT2D eigenvalue weighted by Crippen LogP contribution is 2.45. The topological polar surface area (TPSA) is 237 Å². The van der Waals surface area contributed by atoms with Crippen LogP contribution in [0.5, 0.6) is 0 Å². The van der Waals surface area contributed by atoms with Gasteiger partial charge in [0.15, 0.2) is 12.2 Å². The molecule has 588 valence electrons. The second kappa shape index (κ2) is 73.0. The van der Waals surface area contributed by atoms with E-state index in [1.165, 1.54) is 250 Å². The SMILES string of the molecule is CCCCCCCCCCCCCCCCCCCCCCC(=O)O[C@H](COC(=O)CCCCCCCCCCCCCCCC(C)C)COP(=O)(O)OC[C@@H](O)COP(=O)(O)OC[C@@H](COC(=O)CCCCCCCCCCCC)OC(=O)CCCCCCCCCCCCCCC. The maximum atomic E-state index is 13.1. The predicted molar refractivity (Wildman–Crippen MR) is 405 cm³/mol. The van der Waals surface area contributed by atoms with Crippen LogP contribution in [-0.4, -0.2) is 96.7 Å². The van der Waals surface area contributed by atoms with Gasteiger partial charge < -0.3 is 33.8 Å². The standard InChI is InChI=1S/C80H156O17P2/c1-6-9-12-15-18-21-24-26-27-28-29-30-31-32-36-41-46-51-56-61-66-80(85)97-76(70-91-78(83)64-59-54-49-44-39-37-33-35-38-42-47-52-57-62-73(4)5)72-95-99(88,89)93-68-74(81)67-92-98(86,87)94-71-75(69-90-77(82)63-58-53-48-43-23-20-17-14-11-8-3)96-79(84)65-60-55-50-45-40-34-25-22-19-16-13-10-7-2/h73-76,81H,6-72H2,1-5H3,(H,86,87)(H,88,89)/t74-,75+,76+/m0/s1. The second-order valence-corrected chi connectivity index (χ2v) is 32.2. The largest absolute Gasteiger partial charge is 0.472 e. The molecular weight excluding hydrogens is 1290 g/mol. The zero-order valence-corrected chi connectivity index (χ0v) is 66.4. The van der Waals surface area contributed by atoms with Crippen LogP contribution < -0.4 is 0 Å². The molecule has 3 N–H and O–H groups in total. The van der Waals surface area contributed by atoms with Crippen molar-refractivity contribution in [3.05, 3.63) is 0 Å². The Kier molecular flexibility index (Phi) is 71.6. The third-order valence-corrected chi connectivity index (χ3v) is 20.7. The third kappa shape index (κ3) is 74.1. The fraction of sp³-hybridized carbons (Fsp3) is 0.950. The first-order chi connectivity index (χ1) is 48.0. The van der Waals surface area contributed by atoms with E-state index in [1.54, 1.807) is 0 Å². The average Bonchev–Trinajstić information content (AvgIpc) is 0.988. The molecule has 0 amide bonds. The van der Waals surface area contributed by atoms with Crippen LogP contribution in [0.25, 0.3) is 0 Å². The monoisotopic (exact) mass is 1450 g/mol. The lowest BCUT2D eigenvalue weighted by Gasteiger charge is -2.21. The zero-order valence-electron chi connectivity index (χ0n) is 64.6. The van der Waals surface area contributed by atoms with Crippen molar-refractivity contribution in [1.82, 2.24) is 0 Å². The number of phosphoric acid groups is 2. The fourth-order valence-corrected chi connectivity index (χ4v) is 14.0. The summed E-state index contributed by atoms with van der Waals surface area (Å²) in [4.78, 5) is 73.0. The van der Waals surface area contributed by atoms with Crippen LogP contribution in [0, 0.1) is 5.92 Å². The van der Waals surface area contributed by atoms with Gasteiger partial charge in [-0.15, -0.1) is 0 Å². The van der Waals surface area contributed by atoms with Crippen molar-refractivity contribution in [2.45, 2.75) is 445 Å². The molecule has 99 heavy (non-hydrogen) atoms. The van der Waals surface area contributed by atoms with Crippen molar-refractivity contribution in [1.29, 1.82) is 0 Å². The molecule has 17 nitrogen and oxygen atoms in total. The molecule has 0 aromatic carbocycles. The third-order valence-electron chi connectivity index (χ3n) is 18.8. The van der Waals surface area contributed by atoms with Gasteiger partial charge in [0.05, 0.1) is 26.4 Å². The van der Waals surface area contributed by atoms with E-state index in [4.69, 9.17) is 37.0 Å². The molecule has 2 unspecified atom stereocenters. The molecular formula is C80H156O17P2. The Morgan fingerprint density at radius 2 is 0.465 bits per heavy atom. The van der Waals surface area contributed by atoms with Gasteiger partial charge in [0, 0.05) is 25.7 Å². The maximum absolute atomic E-state index is 13.1. The summed E-state index contributed by atoms with van der Waals surface area (Å²) in [5, 5.41) is 10.6. The summed E-state index contributed by atoms with van der Waals surface area (Å²) in [6.07, 6.45) is 63.8. The maximum Gasteiger partial charge on any atom is 0.472 e. The van der Waals surface area contributed by atoms with E-state index in [2.05, 4.69) is 34.6 Å². The Hall–Kier alpha value is -1.94. The molecule has 0 aromatic heterocycles. The normalized spacial score (nSPS) is 13.9. The van der Waals surface area contributed by atoms with Gasteiger partial charge in [-0.1, -0.05) is 375 Å². The molecule has 5 atom stereocenters. The summed E-state index contributed by atoms with van der Waals surface area (Å²) < 4.78 is 68.7. The van der Waals surface area contributed by atoms with E-state index in [-0.39, 0.29) is 25.7 Å². The molecule has 0 fully saturated rings. The van der Waals surface area contributed by atoms with Gasteiger partial charge in [-0.05, 0) is 31.6 Å². The molecule has 0 saturated carbocycles. The van der Waals surface area contributed by atoms with Gasteiger partial charge in [0.1, 0.15) is 19.3 Å². The lowest BCUT2D eigenvalue weighted by atomic mass is 10.0. The molecule has 0 aliphatic rings. The zero-order chi connectivity index (χ0) is 72.7. The molecule has 0 bridgehead atoms. The van der Waals surface area contributed by atoms with Crippen molar-refractivity contribution in [2.24, 2.45) is 5.92 Å². The molecule has 0 rings (SSSR count). The van der Waals surface area contributed by atoms with Crippen LogP contribution in [0.3, 0.4) is 0 Å². The van der Waals surface area contributed by atoms with Crippen LogP contribution in [0.15, 0.2) is 0 Å². The van der Waals surface area contributed by atoms with Gasteiger partial charge in [0.2, 0.25) is 0 Å². The minimum Gasteiger partial charge on any atom is -0.462 e. The number of aliphatic hydroxyl groups excluding tert-OH is 1. The summed E-state index contributed by atoms with van der Waals surface area (Å²) in [6, 6.07) is 0. The van der Waals surface area contributed by atoms with E-state index in [9.17, 15) is 43.2 Å². The Labute approximate surface area is 607 Å². The van der Waals surface area contributed by atoms with Crippen LogP contribution in [-0.2, 0) is 65.4 Å². The van der Waals surface area contributed by atoms with E-state index in [0.717, 1.165) is 95.8 Å². The minimum atomic E-state index is -4.96. The molecule has 19 heteroatoms. The van der Waals surface area contributed by atoms with Crippen molar-refractivity contribution in [3.8, 4) is 0 Å². The Morgan fingerprint density at radius 1 is 0.273 bits per heavy atom. The van der Waals surface area contributed by atoms with Crippen molar-refractivity contribution in [3.63, 3.8) is 0 Å². The van der Waals surface area contributed by atoms with E-state index >= 15 is 0 Å². The molecule has 0 heterocycles. The van der Waals surface area contributed by atoms with Gasteiger partial charge in [-0.25, -0.2) is 9.13 Å². The smallest absolute Gasteiger partial charge is 0.462 e. The molecule has 0 saturated heterocycles. The number of carbonyl (C=O) groups excluding carboxylic acids is 4. The average molecular weight is 1450 g/mol. The quantitative estimate of drug-likeness (QED) is 0.0222. The Morgan fingerprint density at radius 3 is 0.687 bits per heavy atom. The number of hydrogen-bond donors (Lipinski definition) is 3. The first-order valence-corrected chi connectivity index (χ1v) is 44.6. The number of rotatable bonds is 80. The summed E-state index contributed by atoms with van der Waals surface area (Å²) >= 11 is 0. The lowest BCUT2D eigenvalue weighted by molar-refractivity contribution is -0.161. The molecule has 0 aliphatic carbocycles. The first kappa shape index (κ1) is 97.1. The predicted octanol–water partition coefficient (Wildman–Crippen LogP) is 24.0. The second-order valence-electron chi connectivity index (χ2n) is 29.3. The van der Waals surface area contributed by atoms with Gasteiger partial charge in [0.25, 0.3) is 0 Å². The summed E-state index contributed by atoms with van der Waals surface area (Å²) in [7, 11) is -9.91. The van der Waals surface area contributed by atoms with Crippen LogP contribution in [0.1, 0.15) is 426 Å². The van der Waals surface area contributed by atoms with Crippen LogP contribution in [0.4, 0.5) is 0 Å². The minimum absolute atomic E-state index is 0.108. The van der Waals surface area contributed by atoms with Crippen molar-refractivity contribution < 1.29 is 80.2 Å². The number of aliphatic hydroxyl groups is 1. The van der Waals surface area contributed by atoms with Crippen molar-refractivity contribution in [2.75, 3.05) is 39.6 Å². The summed E-state index contributed by atoms with van der Waals surface area (Å²) in [5.74, 6) is -1.32. The van der Waals surface area contributed by atoms with Crippen molar-refractivity contribution >= 4 is 39.5 Å². The van der Waals surface area contributed by atoms with Gasteiger partial charge in [-0.3, -0.25) is 37.3 Å². The molecule has 0 spiro atoms. The number of hydrogen-bond acceptors (Lipinski definition) is 15. The number of ether oxygens (including phenoxy) is 4. The number of carbonyl (C=O) groups is 4. The highest BCUT2D eigenvalue weighted by atomic mass is 31.2. The lowest BCUT2D eigenvalue weighted by Crippen LogP contribution is -2.30. The molecule has 0 aliphatic heterocycles. The number of unbranched alkanes of at least 4 members (excludes halogenated alkanes) is 52. The van der Waals surface area contributed by atoms with Crippen LogP contribution in [0.2, 0.25) is 0 Å². The summed E-state index contributed by atoms with van der Waals surface area (Å²) in [5.41, 5.74) is 0. The fourth-order valence-electron chi connectivity index (χ4n) is 12.4. The van der Waals surface area contributed by atoms with E-state index in [1.807, 2.05) is 0 Å². The summed E-state index contributed by atoms with van der Waals surface area (Å²) in [6.45, 7) is 7.34. The van der Waals surface area contributed by atoms with E-state index in [0.29, 0.717) is 25.7 Å². The highest BCUT2D eigenvalue weighted by Gasteiger charge is 2.30. The molecule has 0 aromatic rings. The number of esters is 4. The van der Waals surface area contributed by atoms with Gasteiger partial charge >= 0.3 is 39.5 Å². The Balaban J connectivity index is 5.22. The Bertz CT molecular complexity index is 1890. The first-order valence-electron chi connectivity index (χ1n) is 41.6. The van der Waals surface area contributed by atoms with Gasteiger partial charge in [-0.2, -0.15) is 0 Å².